The van der Waals surface area contributed by atoms with E-state index in [0.29, 0.717) is 25.7 Å². The molecule has 0 amide bonds. The average Bonchev–Trinajstić information content (AvgIpc) is 3.51. The van der Waals surface area contributed by atoms with Crippen LogP contribution in [0.25, 0.3) is 10.9 Å². The van der Waals surface area contributed by atoms with Crippen molar-refractivity contribution < 1.29 is 38.0 Å². The Morgan fingerprint density at radius 1 is 1.15 bits per heavy atom. The maximum absolute atomic E-state index is 15.4. The molecule has 1 saturated carbocycles. The maximum atomic E-state index is 15.4. The van der Waals surface area contributed by atoms with Gasteiger partial charge in [-0.3, -0.25) is 4.79 Å². The Balaban J connectivity index is 1.95. The molecule has 8 nitrogen and oxygen atoms in total. The van der Waals surface area contributed by atoms with E-state index in [9.17, 15) is 33.7 Å². The fourth-order valence-corrected chi connectivity index (χ4v) is 4.84. The molecule has 2 aromatic rings. The van der Waals surface area contributed by atoms with E-state index < -0.39 is 35.1 Å². The fourth-order valence-electron chi connectivity index (χ4n) is 4.84. The Hall–Kier alpha value is -2.79. The lowest BCUT2D eigenvalue weighted by molar-refractivity contribution is -0.0488. The minimum absolute atomic E-state index is 0.0616. The van der Waals surface area contributed by atoms with Crippen molar-refractivity contribution in [3.05, 3.63) is 33.9 Å². The number of carboxylic acid groups (broad SMARTS) is 1. The molecule has 2 fully saturated rings. The summed E-state index contributed by atoms with van der Waals surface area (Å²) >= 11 is 0. The van der Waals surface area contributed by atoms with Gasteiger partial charge in [0.2, 0.25) is 5.43 Å². The number of carbonyl (C=O) groups is 1. The van der Waals surface area contributed by atoms with Crippen molar-refractivity contribution in [2.24, 2.45) is 11.8 Å². The highest BCUT2D eigenvalue weighted by Gasteiger charge is 2.37. The van der Waals surface area contributed by atoms with E-state index in [2.05, 4.69) is 0 Å². The molecule has 1 aliphatic carbocycles. The van der Waals surface area contributed by atoms with Gasteiger partial charge in [-0.15, -0.1) is 0 Å². The number of hydrogen-bond acceptors (Lipinski definition) is 6. The van der Waals surface area contributed by atoms with Gasteiger partial charge in [-0.1, -0.05) is 0 Å². The average molecular weight is 470 g/mol. The molecule has 0 bridgehead atoms. The van der Waals surface area contributed by atoms with E-state index in [1.807, 2.05) is 0 Å². The summed E-state index contributed by atoms with van der Waals surface area (Å²) in [6, 6.07) is 0.671. The summed E-state index contributed by atoms with van der Waals surface area (Å²) in [6.45, 7) is -3.04. The van der Waals surface area contributed by atoms with E-state index in [0.717, 1.165) is 12.3 Å². The highest BCUT2D eigenvalue weighted by atomic mass is 19.3. The standard InChI is InChI=1S/C22H25F3N2O6/c23-16-7-14-17(27(13-1-2-13)10-15(19(14)30)21(31)32)20(33-22(24)25)18(16)26-8-11(3-5-28)12(9-26)4-6-29/h7,10-13,22,28-29H,1-6,8-9H2,(H,31,32). The molecule has 11 heteroatoms. The van der Waals surface area contributed by atoms with E-state index in [-0.39, 0.29) is 60.8 Å². The van der Waals surface area contributed by atoms with Crippen molar-refractivity contribution in [3.8, 4) is 5.75 Å². The normalized spacial score (nSPS) is 20.7. The molecule has 1 aromatic carbocycles. The van der Waals surface area contributed by atoms with Gasteiger partial charge in [0.05, 0.1) is 10.9 Å². The molecule has 1 aliphatic heterocycles. The molecule has 2 heterocycles. The van der Waals surface area contributed by atoms with Crippen LogP contribution in [0.5, 0.6) is 5.75 Å². The molecule has 2 atom stereocenters. The van der Waals surface area contributed by atoms with Gasteiger partial charge >= 0.3 is 12.6 Å². The summed E-state index contributed by atoms with van der Waals surface area (Å²) in [6.07, 6.45) is 3.21. The Morgan fingerprint density at radius 2 is 1.76 bits per heavy atom. The van der Waals surface area contributed by atoms with Crippen LogP contribution in [0.2, 0.25) is 0 Å². The lowest BCUT2D eigenvalue weighted by Crippen LogP contribution is -2.25. The van der Waals surface area contributed by atoms with Gasteiger partial charge in [-0.2, -0.15) is 8.78 Å². The number of aromatic carboxylic acids is 1. The molecule has 0 spiro atoms. The van der Waals surface area contributed by atoms with Crippen LogP contribution >= 0.6 is 0 Å². The molecule has 1 aromatic heterocycles. The molecule has 4 rings (SSSR count). The zero-order chi connectivity index (χ0) is 23.9. The SMILES string of the molecule is O=C(O)c1cn(C2CC2)c2c(OC(F)F)c(N3CC(CCO)C(CCO)C3)c(F)cc2c1=O. The summed E-state index contributed by atoms with van der Waals surface area (Å²) in [7, 11) is 0. The third-order valence-corrected chi connectivity index (χ3v) is 6.47. The molecule has 2 unspecified atom stereocenters. The van der Waals surface area contributed by atoms with Gasteiger partial charge in [-0.25, -0.2) is 9.18 Å². The van der Waals surface area contributed by atoms with Gasteiger partial charge in [-0.05, 0) is 43.6 Å². The number of hydrogen-bond donors (Lipinski definition) is 3. The second-order valence-corrected chi connectivity index (χ2v) is 8.58. The van der Waals surface area contributed by atoms with Crippen LogP contribution in [0.4, 0.5) is 18.9 Å². The summed E-state index contributed by atoms with van der Waals surface area (Å²) in [4.78, 5) is 25.9. The third-order valence-electron chi connectivity index (χ3n) is 6.47. The summed E-state index contributed by atoms with van der Waals surface area (Å²) in [5.41, 5.74) is -1.84. The van der Waals surface area contributed by atoms with Crippen LogP contribution in [0, 0.1) is 17.7 Å². The van der Waals surface area contributed by atoms with Crippen molar-refractivity contribution in [3.63, 3.8) is 0 Å². The molecule has 3 N–H and O–H groups in total. The van der Waals surface area contributed by atoms with Crippen molar-refractivity contribution in [1.82, 2.24) is 4.57 Å². The zero-order valence-electron chi connectivity index (χ0n) is 17.7. The molecule has 180 valence electrons. The second-order valence-electron chi connectivity index (χ2n) is 8.58. The largest absolute Gasteiger partial charge is 0.477 e. The van der Waals surface area contributed by atoms with E-state index in [1.165, 1.54) is 4.57 Å². The lowest BCUT2D eigenvalue weighted by atomic mass is 9.91. The van der Waals surface area contributed by atoms with Gasteiger partial charge < -0.3 is 29.5 Å². The maximum Gasteiger partial charge on any atom is 0.387 e. The predicted molar refractivity (Wildman–Crippen MR) is 113 cm³/mol. The number of ether oxygens (including phenoxy) is 1. The van der Waals surface area contributed by atoms with Crippen LogP contribution in [-0.4, -0.2) is 58.8 Å². The molecule has 1 saturated heterocycles. The van der Waals surface area contributed by atoms with E-state index in [1.54, 1.807) is 4.90 Å². The van der Waals surface area contributed by atoms with Crippen molar-refractivity contribution in [2.45, 2.75) is 38.3 Å². The van der Waals surface area contributed by atoms with Crippen LogP contribution in [0.1, 0.15) is 42.1 Å². The third kappa shape index (κ3) is 4.39. The molecular formula is C22H25F3N2O6. The summed E-state index contributed by atoms with van der Waals surface area (Å²) < 4.78 is 48.6. The number of nitrogens with zero attached hydrogens (tertiary/aromatic N) is 2. The van der Waals surface area contributed by atoms with Gasteiger partial charge in [0, 0.05) is 38.5 Å². The number of halogens is 3. The van der Waals surface area contributed by atoms with Crippen LogP contribution in [0.3, 0.4) is 0 Å². The smallest absolute Gasteiger partial charge is 0.387 e. The molecule has 0 radical (unpaired) electrons. The number of carboxylic acids is 1. The zero-order valence-corrected chi connectivity index (χ0v) is 17.7. The number of rotatable bonds is 9. The van der Waals surface area contributed by atoms with Crippen LogP contribution < -0.4 is 15.1 Å². The molecule has 2 aliphatic rings. The fraction of sp³-hybridized carbons (Fsp3) is 0.545. The van der Waals surface area contributed by atoms with Gasteiger partial charge in [0.1, 0.15) is 11.3 Å². The Labute approximate surface area is 186 Å². The van der Waals surface area contributed by atoms with Gasteiger partial charge in [0.15, 0.2) is 11.6 Å². The lowest BCUT2D eigenvalue weighted by Gasteiger charge is -2.25. The Kier molecular flexibility index (Phi) is 6.53. The van der Waals surface area contributed by atoms with E-state index >= 15 is 4.39 Å². The quantitative estimate of drug-likeness (QED) is 0.517. The number of anilines is 1. The minimum atomic E-state index is -3.31. The van der Waals surface area contributed by atoms with E-state index in [4.69, 9.17) is 4.74 Å². The van der Waals surface area contributed by atoms with Crippen molar-refractivity contribution in [1.29, 1.82) is 0 Å². The number of benzene rings is 1. The Morgan fingerprint density at radius 3 is 2.24 bits per heavy atom. The molecular weight excluding hydrogens is 445 g/mol. The number of aliphatic hydroxyl groups excluding tert-OH is 2. The molecule has 33 heavy (non-hydrogen) atoms. The summed E-state index contributed by atoms with van der Waals surface area (Å²) in [5.74, 6) is -3.18. The number of pyridine rings is 1. The minimum Gasteiger partial charge on any atom is -0.477 e. The monoisotopic (exact) mass is 470 g/mol. The highest BCUT2D eigenvalue weighted by Crippen LogP contribution is 2.46. The van der Waals surface area contributed by atoms with Crippen molar-refractivity contribution >= 4 is 22.6 Å². The van der Waals surface area contributed by atoms with Crippen LogP contribution in [0.15, 0.2) is 17.1 Å². The first-order chi connectivity index (χ1) is 15.8. The second kappa shape index (κ2) is 9.22. The first kappa shape index (κ1) is 23.4. The van der Waals surface area contributed by atoms with Gasteiger partial charge in [0.25, 0.3) is 0 Å². The van der Waals surface area contributed by atoms with Crippen molar-refractivity contribution in [2.75, 3.05) is 31.2 Å². The topological polar surface area (TPSA) is 112 Å². The number of alkyl halides is 2. The Bertz CT molecular complexity index is 1100. The first-order valence-corrected chi connectivity index (χ1v) is 10.8. The highest BCUT2D eigenvalue weighted by molar-refractivity contribution is 5.97. The summed E-state index contributed by atoms with van der Waals surface area (Å²) in [5, 5.41) is 27.8. The number of fused-ring (bicyclic) bond motifs is 1. The predicted octanol–water partition coefficient (Wildman–Crippen LogP) is 2.59. The van der Waals surface area contributed by atoms with Crippen LogP contribution in [-0.2, 0) is 0 Å². The number of aliphatic hydroxyl groups is 2. The number of aromatic nitrogens is 1. The first-order valence-electron chi connectivity index (χ1n) is 10.8.